The van der Waals surface area contributed by atoms with Gasteiger partial charge >= 0.3 is 0 Å². The molecule has 3 nitrogen and oxygen atoms in total. The largest absolute Gasteiger partial charge is 0.355 e. The predicted octanol–water partition coefficient (Wildman–Crippen LogP) is 2.93. The van der Waals surface area contributed by atoms with Gasteiger partial charge in [0.05, 0.1) is 5.92 Å². The van der Waals surface area contributed by atoms with E-state index in [-0.39, 0.29) is 11.8 Å². The highest BCUT2D eigenvalue weighted by Crippen LogP contribution is 2.24. The van der Waals surface area contributed by atoms with Crippen LogP contribution in [0, 0.1) is 5.92 Å². The Balaban J connectivity index is 1.69. The van der Waals surface area contributed by atoms with Crippen LogP contribution in [0.3, 0.4) is 0 Å². The Morgan fingerprint density at radius 3 is 2.17 bits per heavy atom. The first-order valence-electron chi connectivity index (χ1n) is 8.43. The number of rotatable bonds is 6. The molecule has 0 bridgehead atoms. The summed E-state index contributed by atoms with van der Waals surface area (Å²) in [6.45, 7) is 2.94. The first-order valence-corrected chi connectivity index (χ1v) is 8.43. The van der Waals surface area contributed by atoms with E-state index in [4.69, 9.17) is 0 Å². The summed E-state index contributed by atoms with van der Waals surface area (Å²) in [5.74, 6) is 0.551. The highest BCUT2D eigenvalue weighted by atomic mass is 16.1. The van der Waals surface area contributed by atoms with Crippen molar-refractivity contribution in [1.82, 2.24) is 10.6 Å². The van der Waals surface area contributed by atoms with Crippen LogP contribution in [0.2, 0.25) is 0 Å². The third-order valence-electron chi connectivity index (χ3n) is 4.54. The van der Waals surface area contributed by atoms with Crippen LogP contribution in [-0.4, -0.2) is 25.5 Å². The smallest absolute Gasteiger partial charge is 0.232 e. The third kappa shape index (κ3) is 4.20. The second-order valence-electron chi connectivity index (χ2n) is 6.19. The second-order valence-corrected chi connectivity index (χ2v) is 6.19. The van der Waals surface area contributed by atoms with E-state index in [1.165, 1.54) is 6.42 Å². The fraction of sp³-hybridized carbons (Fsp3) is 0.350. The van der Waals surface area contributed by atoms with Crippen molar-refractivity contribution in [2.75, 3.05) is 19.6 Å². The van der Waals surface area contributed by atoms with Gasteiger partial charge in [-0.3, -0.25) is 4.79 Å². The summed E-state index contributed by atoms with van der Waals surface area (Å²) in [5, 5.41) is 6.51. The zero-order chi connectivity index (χ0) is 15.9. The average Bonchev–Trinajstić information content (AvgIpc) is 3.10. The molecule has 1 fully saturated rings. The van der Waals surface area contributed by atoms with Gasteiger partial charge in [0.2, 0.25) is 5.91 Å². The van der Waals surface area contributed by atoms with Crippen molar-refractivity contribution in [2.24, 2.45) is 5.92 Å². The topological polar surface area (TPSA) is 41.1 Å². The van der Waals surface area contributed by atoms with Crippen LogP contribution in [0.4, 0.5) is 0 Å². The first-order chi connectivity index (χ1) is 11.3. The Kier molecular flexibility index (Phi) is 5.43. The van der Waals surface area contributed by atoms with Crippen LogP contribution >= 0.6 is 0 Å². The van der Waals surface area contributed by atoms with E-state index < -0.39 is 0 Å². The molecule has 2 aromatic carbocycles. The molecule has 0 aromatic heterocycles. The maximum Gasteiger partial charge on any atom is 0.232 e. The molecule has 2 aromatic rings. The van der Waals surface area contributed by atoms with Gasteiger partial charge in [-0.15, -0.1) is 0 Å². The number of amides is 1. The third-order valence-corrected chi connectivity index (χ3v) is 4.54. The summed E-state index contributed by atoms with van der Waals surface area (Å²) in [6.07, 6.45) is 2.27. The van der Waals surface area contributed by atoms with Crippen molar-refractivity contribution < 1.29 is 4.79 Å². The molecule has 1 saturated heterocycles. The molecule has 3 heteroatoms. The summed E-state index contributed by atoms with van der Waals surface area (Å²) in [5.41, 5.74) is 2.08. The van der Waals surface area contributed by atoms with Gasteiger partial charge in [0, 0.05) is 6.54 Å². The van der Waals surface area contributed by atoms with E-state index >= 15 is 0 Å². The van der Waals surface area contributed by atoms with Crippen LogP contribution in [0.15, 0.2) is 60.7 Å². The Hall–Kier alpha value is -2.13. The summed E-state index contributed by atoms with van der Waals surface area (Å²) in [7, 11) is 0. The number of hydrogen-bond donors (Lipinski definition) is 2. The van der Waals surface area contributed by atoms with Crippen LogP contribution in [0.5, 0.6) is 0 Å². The van der Waals surface area contributed by atoms with Gasteiger partial charge in [0.1, 0.15) is 0 Å². The predicted molar refractivity (Wildman–Crippen MR) is 93.3 cm³/mol. The van der Waals surface area contributed by atoms with E-state index in [0.29, 0.717) is 5.92 Å². The summed E-state index contributed by atoms with van der Waals surface area (Å²) >= 11 is 0. The fourth-order valence-corrected chi connectivity index (χ4v) is 3.25. The monoisotopic (exact) mass is 308 g/mol. The number of carbonyl (C=O) groups is 1. The molecule has 1 heterocycles. The molecule has 1 unspecified atom stereocenters. The van der Waals surface area contributed by atoms with Crippen molar-refractivity contribution >= 4 is 5.91 Å². The summed E-state index contributed by atoms with van der Waals surface area (Å²) in [4.78, 5) is 12.8. The summed E-state index contributed by atoms with van der Waals surface area (Å²) in [6, 6.07) is 20.0. The molecule has 23 heavy (non-hydrogen) atoms. The molecule has 0 radical (unpaired) electrons. The molecule has 1 amide bonds. The molecule has 120 valence electrons. The number of benzene rings is 2. The molecular formula is C20H24N2O. The lowest BCUT2D eigenvalue weighted by Crippen LogP contribution is -2.31. The van der Waals surface area contributed by atoms with Crippen molar-refractivity contribution in [2.45, 2.75) is 18.8 Å². The normalized spacial score (nSPS) is 17.3. The molecule has 2 N–H and O–H groups in total. The molecule has 1 aliphatic rings. The van der Waals surface area contributed by atoms with Crippen molar-refractivity contribution in [3.8, 4) is 0 Å². The van der Waals surface area contributed by atoms with E-state index in [0.717, 1.165) is 37.2 Å². The van der Waals surface area contributed by atoms with Crippen LogP contribution in [0.1, 0.15) is 29.9 Å². The number of carbonyl (C=O) groups excluding carboxylic acids is 1. The van der Waals surface area contributed by atoms with Crippen LogP contribution in [0.25, 0.3) is 0 Å². The standard InChI is InChI=1S/C20H24N2O/c23-20(22-14-12-16-11-13-21-15-16)19(17-7-3-1-4-8-17)18-9-5-2-6-10-18/h1-10,16,19,21H,11-15H2,(H,22,23). The number of nitrogens with one attached hydrogen (secondary N) is 2. The van der Waals surface area contributed by atoms with E-state index in [2.05, 4.69) is 10.6 Å². The highest BCUT2D eigenvalue weighted by Gasteiger charge is 2.22. The minimum Gasteiger partial charge on any atom is -0.355 e. The second kappa shape index (κ2) is 7.93. The molecule has 1 aliphatic heterocycles. The van der Waals surface area contributed by atoms with Gasteiger partial charge in [-0.2, -0.15) is 0 Å². The van der Waals surface area contributed by atoms with Gasteiger partial charge < -0.3 is 10.6 Å². The maximum atomic E-state index is 12.8. The highest BCUT2D eigenvalue weighted by molar-refractivity contribution is 5.87. The van der Waals surface area contributed by atoms with Gasteiger partial charge in [-0.1, -0.05) is 60.7 Å². The maximum absolute atomic E-state index is 12.8. The Morgan fingerprint density at radius 2 is 1.65 bits per heavy atom. The van der Waals surface area contributed by atoms with E-state index in [1.54, 1.807) is 0 Å². The minimum absolute atomic E-state index is 0.0911. The molecule has 0 spiro atoms. The zero-order valence-electron chi connectivity index (χ0n) is 13.4. The van der Waals surface area contributed by atoms with Gasteiger partial charge in [-0.05, 0) is 43.0 Å². The van der Waals surface area contributed by atoms with E-state index in [9.17, 15) is 4.79 Å². The lowest BCUT2D eigenvalue weighted by atomic mass is 9.90. The van der Waals surface area contributed by atoms with Gasteiger partial charge in [0.25, 0.3) is 0 Å². The number of hydrogen-bond acceptors (Lipinski definition) is 2. The Bertz CT molecular complexity index is 567. The molecule has 1 atom stereocenters. The van der Waals surface area contributed by atoms with Crippen LogP contribution < -0.4 is 10.6 Å². The average molecular weight is 308 g/mol. The van der Waals surface area contributed by atoms with Crippen LogP contribution in [-0.2, 0) is 4.79 Å². The molecule has 0 aliphatic carbocycles. The van der Waals surface area contributed by atoms with Crippen molar-refractivity contribution in [3.05, 3.63) is 71.8 Å². The van der Waals surface area contributed by atoms with Crippen molar-refractivity contribution in [1.29, 1.82) is 0 Å². The molecule has 0 saturated carbocycles. The Morgan fingerprint density at radius 1 is 1.04 bits per heavy atom. The molecule has 3 rings (SSSR count). The first kappa shape index (κ1) is 15.8. The zero-order valence-corrected chi connectivity index (χ0v) is 13.4. The quantitative estimate of drug-likeness (QED) is 0.861. The lowest BCUT2D eigenvalue weighted by Gasteiger charge is -2.18. The molecular weight excluding hydrogens is 284 g/mol. The van der Waals surface area contributed by atoms with Gasteiger partial charge in [0.15, 0.2) is 0 Å². The Labute approximate surface area is 138 Å². The lowest BCUT2D eigenvalue weighted by molar-refractivity contribution is -0.121. The van der Waals surface area contributed by atoms with Gasteiger partial charge in [-0.25, -0.2) is 0 Å². The minimum atomic E-state index is -0.237. The van der Waals surface area contributed by atoms with E-state index in [1.807, 2.05) is 60.7 Å². The SMILES string of the molecule is O=C(NCCC1CCNC1)C(c1ccccc1)c1ccccc1. The summed E-state index contributed by atoms with van der Waals surface area (Å²) < 4.78 is 0. The van der Waals surface area contributed by atoms with Crippen molar-refractivity contribution in [3.63, 3.8) is 0 Å². The fourth-order valence-electron chi connectivity index (χ4n) is 3.25.